The van der Waals surface area contributed by atoms with E-state index in [0.717, 1.165) is 12.1 Å². The molecule has 1 unspecified atom stereocenters. The largest absolute Gasteiger partial charge is 0.309 e. The van der Waals surface area contributed by atoms with Crippen molar-refractivity contribution < 1.29 is 17.6 Å². The van der Waals surface area contributed by atoms with Crippen molar-refractivity contribution in [1.82, 2.24) is 5.32 Å². The average Bonchev–Trinajstić information content (AvgIpc) is 2.39. The zero-order valence-electron chi connectivity index (χ0n) is 10.1. The third-order valence-electron chi connectivity index (χ3n) is 2.83. The van der Waals surface area contributed by atoms with Gasteiger partial charge in [-0.25, -0.2) is 17.6 Å². The van der Waals surface area contributed by atoms with E-state index in [0.29, 0.717) is 5.56 Å². The monoisotopic (exact) mass is 269 g/mol. The number of hydrogen-bond acceptors (Lipinski definition) is 1. The van der Waals surface area contributed by atoms with E-state index in [1.807, 2.05) is 0 Å². The van der Waals surface area contributed by atoms with Crippen LogP contribution in [0.2, 0.25) is 0 Å². The SMILES string of the molecule is CNC(c1ccc(F)cc1)c1cc(F)c(F)c(F)c1. The first-order chi connectivity index (χ1) is 9.02. The van der Waals surface area contributed by atoms with E-state index in [2.05, 4.69) is 5.32 Å². The fourth-order valence-electron chi connectivity index (χ4n) is 1.92. The summed E-state index contributed by atoms with van der Waals surface area (Å²) >= 11 is 0. The molecule has 0 heterocycles. The van der Waals surface area contributed by atoms with Crippen molar-refractivity contribution in [3.05, 3.63) is 70.8 Å². The molecule has 2 aromatic carbocycles. The van der Waals surface area contributed by atoms with Gasteiger partial charge in [0.25, 0.3) is 0 Å². The molecule has 0 aliphatic rings. The van der Waals surface area contributed by atoms with Crippen LogP contribution >= 0.6 is 0 Å². The molecule has 0 bridgehead atoms. The summed E-state index contributed by atoms with van der Waals surface area (Å²) in [7, 11) is 1.59. The first-order valence-corrected chi connectivity index (χ1v) is 5.60. The molecule has 19 heavy (non-hydrogen) atoms. The topological polar surface area (TPSA) is 12.0 Å². The van der Waals surface area contributed by atoms with Crippen molar-refractivity contribution in [2.24, 2.45) is 0 Å². The minimum absolute atomic E-state index is 0.227. The smallest absolute Gasteiger partial charge is 0.194 e. The van der Waals surface area contributed by atoms with E-state index < -0.39 is 29.3 Å². The maximum Gasteiger partial charge on any atom is 0.194 e. The quantitative estimate of drug-likeness (QED) is 0.663. The van der Waals surface area contributed by atoms with Gasteiger partial charge in [0.15, 0.2) is 17.5 Å². The van der Waals surface area contributed by atoms with Crippen molar-refractivity contribution in [2.75, 3.05) is 7.05 Å². The average molecular weight is 269 g/mol. The molecule has 0 saturated heterocycles. The second kappa shape index (κ2) is 5.40. The lowest BCUT2D eigenvalue weighted by molar-refractivity contribution is 0.443. The summed E-state index contributed by atoms with van der Waals surface area (Å²) < 4.78 is 52.2. The van der Waals surface area contributed by atoms with Crippen LogP contribution in [0, 0.1) is 23.3 Å². The Balaban J connectivity index is 2.45. The van der Waals surface area contributed by atoms with Crippen LogP contribution in [0.5, 0.6) is 0 Å². The van der Waals surface area contributed by atoms with Gasteiger partial charge in [-0.2, -0.15) is 0 Å². The number of halogens is 4. The summed E-state index contributed by atoms with van der Waals surface area (Å²) in [5.74, 6) is -4.41. The minimum Gasteiger partial charge on any atom is -0.309 e. The van der Waals surface area contributed by atoms with E-state index in [-0.39, 0.29) is 5.56 Å². The van der Waals surface area contributed by atoms with Crippen LogP contribution in [-0.2, 0) is 0 Å². The van der Waals surface area contributed by atoms with Crippen LogP contribution in [-0.4, -0.2) is 7.05 Å². The molecule has 100 valence electrons. The minimum atomic E-state index is -1.50. The van der Waals surface area contributed by atoms with Gasteiger partial charge in [-0.1, -0.05) is 12.1 Å². The predicted octanol–water partition coefficient (Wildman–Crippen LogP) is 3.55. The third-order valence-corrected chi connectivity index (χ3v) is 2.83. The Hall–Kier alpha value is -1.88. The molecule has 0 spiro atoms. The van der Waals surface area contributed by atoms with Gasteiger partial charge < -0.3 is 5.32 Å². The van der Waals surface area contributed by atoms with Crippen LogP contribution in [0.4, 0.5) is 17.6 Å². The van der Waals surface area contributed by atoms with Gasteiger partial charge in [-0.3, -0.25) is 0 Å². The van der Waals surface area contributed by atoms with Gasteiger partial charge in [-0.15, -0.1) is 0 Å². The molecule has 0 aliphatic heterocycles. The lowest BCUT2D eigenvalue weighted by Crippen LogP contribution is -2.18. The molecular formula is C14H11F4N. The maximum atomic E-state index is 13.2. The standard InChI is InChI=1S/C14H11F4N/c1-19-14(8-2-4-10(15)5-3-8)9-6-11(16)13(18)12(17)7-9/h2-7,14,19H,1H3. The highest BCUT2D eigenvalue weighted by Crippen LogP contribution is 2.25. The van der Waals surface area contributed by atoms with Gasteiger partial charge in [0.1, 0.15) is 5.82 Å². The van der Waals surface area contributed by atoms with E-state index in [1.165, 1.54) is 24.3 Å². The second-order valence-corrected chi connectivity index (χ2v) is 4.07. The molecule has 2 rings (SSSR count). The van der Waals surface area contributed by atoms with Crippen LogP contribution < -0.4 is 5.32 Å². The van der Waals surface area contributed by atoms with Gasteiger partial charge in [-0.05, 0) is 42.4 Å². The van der Waals surface area contributed by atoms with E-state index in [4.69, 9.17) is 0 Å². The van der Waals surface area contributed by atoms with E-state index >= 15 is 0 Å². The molecule has 1 atom stereocenters. The third kappa shape index (κ3) is 2.76. The Labute approximate surface area is 107 Å². The molecule has 0 fully saturated rings. The van der Waals surface area contributed by atoms with Gasteiger partial charge >= 0.3 is 0 Å². The molecule has 0 radical (unpaired) electrons. The summed E-state index contributed by atoms with van der Waals surface area (Å²) in [5, 5.41) is 2.85. The molecule has 1 nitrogen and oxygen atoms in total. The van der Waals surface area contributed by atoms with Crippen molar-refractivity contribution in [3.63, 3.8) is 0 Å². The van der Waals surface area contributed by atoms with E-state index in [1.54, 1.807) is 7.05 Å². The Morgan fingerprint density at radius 1 is 0.842 bits per heavy atom. The van der Waals surface area contributed by atoms with E-state index in [9.17, 15) is 17.6 Å². The van der Waals surface area contributed by atoms with Gasteiger partial charge in [0.2, 0.25) is 0 Å². The number of rotatable bonds is 3. The van der Waals surface area contributed by atoms with Crippen LogP contribution in [0.25, 0.3) is 0 Å². The molecule has 0 aliphatic carbocycles. The van der Waals surface area contributed by atoms with Crippen molar-refractivity contribution >= 4 is 0 Å². The number of hydrogen-bond donors (Lipinski definition) is 1. The Morgan fingerprint density at radius 3 is 1.84 bits per heavy atom. The van der Waals surface area contributed by atoms with Crippen molar-refractivity contribution in [3.8, 4) is 0 Å². The summed E-state index contributed by atoms with van der Waals surface area (Å²) in [6.07, 6.45) is 0. The highest BCUT2D eigenvalue weighted by molar-refractivity contribution is 5.33. The molecule has 0 amide bonds. The van der Waals surface area contributed by atoms with Crippen molar-refractivity contribution in [1.29, 1.82) is 0 Å². The molecule has 1 N–H and O–H groups in total. The maximum absolute atomic E-state index is 13.2. The highest BCUT2D eigenvalue weighted by Gasteiger charge is 2.17. The van der Waals surface area contributed by atoms with Gasteiger partial charge in [0, 0.05) is 0 Å². The molecule has 0 aromatic heterocycles. The summed E-state index contributed by atoms with van der Waals surface area (Å²) in [4.78, 5) is 0. The Bertz CT molecular complexity index is 557. The highest BCUT2D eigenvalue weighted by atomic mass is 19.2. The zero-order chi connectivity index (χ0) is 14.0. The first kappa shape index (κ1) is 13.5. The fraction of sp³-hybridized carbons (Fsp3) is 0.143. The summed E-state index contributed by atoms with van der Waals surface area (Å²) in [5.41, 5.74) is 0.847. The normalized spacial score (nSPS) is 12.5. The summed E-state index contributed by atoms with van der Waals surface area (Å²) in [6, 6.07) is 6.77. The second-order valence-electron chi connectivity index (χ2n) is 4.07. The van der Waals surface area contributed by atoms with Gasteiger partial charge in [0.05, 0.1) is 6.04 Å². The molecule has 0 saturated carbocycles. The van der Waals surface area contributed by atoms with Crippen LogP contribution in [0.1, 0.15) is 17.2 Å². The first-order valence-electron chi connectivity index (χ1n) is 5.60. The Morgan fingerprint density at radius 2 is 1.37 bits per heavy atom. The van der Waals surface area contributed by atoms with Crippen molar-refractivity contribution in [2.45, 2.75) is 6.04 Å². The summed E-state index contributed by atoms with van der Waals surface area (Å²) in [6.45, 7) is 0. The fourth-order valence-corrected chi connectivity index (χ4v) is 1.92. The lowest BCUT2D eigenvalue weighted by Gasteiger charge is -2.17. The molecule has 5 heteroatoms. The zero-order valence-corrected chi connectivity index (χ0v) is 10.1. The molecular weight excluding hydrogens is 258 g/mol. The van der Waals surface area contributed by atoms with Crippen LogP contribution in [0.15, 0.2) is 36.4 Å². The number of benzene rings is 2. The predicted molar refractivity (Wildman–Crippen MR) is 63.6 cm³/mol. The lowest BCUT2D eigenvalue weighted by atomic mass is 9.98. The van der Waals surface area contributed by atoms with Crippen LogP contribution in [0.3, 0.4) is 0 Å². The number of nitrogens with one attached hydrogen (secondary N) is 1. The molecule has 2 aromatic rings. The Kier molecular flexibility index (Phi) is 3.85.